The van der Waals surface area contributed by atoms with Gasteiger partial charge in [0, 0.05) is 26.2 Å². The lowest BCUT2D eigenvalue weighted by atomic mass is 10.1. The Hall–Kier alpha value is -0.610. The number of carbonyl (C=O) groups excluding carboxylic acids is 1. The van der Waals surface area contributed by atoms with E-state index in [0.717, 1.165) is 26.2 Å². The smallest absolute Gasteiger partial charge is 0.239 e. The molecule has 0 spiro atoms. The summed E-state index contributed by atoms with van der Waals surface area (Å²) in [4.78, 5) is 16.4. The normalized spacial score (nSPS) is 18.6. The summed E-state index contributed by atoms with van der Waals surface area (Å²) in [5.74, 6) is 0.221. The molecule has 1 rings (SSSR count). The fraction of sp³-hybridized carbons (Fsp3) is 0.929. The van der Waals surface area contributed by atoms with Crippen LogP contribution < -0.4 is 5.32 Å². The number of likely N-dealkylation sites (tertiary alicyclic amines) is 1. The Kier molecular flexibility index (Phi) is 7.28. The summed E-state index contributed by atoms with van der Waals surface area (Å²) in [6.45, 7) is 12.0. The molecule has 1 aliphatic rings. The molecule has 4 heteroatoms. The van der Waals surface area contributed by atoms with E-state index >= 15 is 0 Å². The summed E-state index contributed by atoms with van der Waals surface area (Å²) >= 11 is 0. The molecule has 1 atom stereocenters. The Bertz CT molecular complexity index is 235. The van der Waals surface area contributed by atoms with Crippen LogP contribution in [0.4, 0.5) is 0 Å². The number of hydrogen-bond donors (Lipinski definition) is 1. The molecule has 0 aromatic carbocycles. The van der Waals surface area contributed by atoms with Crippen LogP contribution in [0.15, 0.2) is 0 Å². The number of hydrogen-bond acceptors (Lipinski definition) is 3. The molecule has 1 aliphatic heterocycles. The lowest BCUT2D eigenvalue weighted by molar-refractivity contribution is -0.132. The van der Waals surface area contributed by atoms with Crippen molar-refractivity contribution in [3.63, 3.8) is 0 Å². The Morgan fingerprint density at radius 2 is 1.83 bits per heavy atom. The zero-order valence-corrected chi connectivity index (χ0v) is 12.2. The predicted molar refractivity (Wildman–Crippen MR) is 75.7 cm³/mol. The van der Waals surface area contributed by atoms with Crippen LogP contribution in [-0.4, -0.2) is 61.0 Å². The lowest BCUT2D eigenvalue weighted by Crippen LogP contribution is -2.47. The maximum absolute atomic E-state index is 12.0. The number of carbonyl (C=O) groups is 1. The number of nitrogens with zero attached hydrogens (tertiary/aromatic N) is 2. The maximum atomic E-state index is 12.0. The van der Waals surface area contributed by atoms with Crippen molar-refractivity contribution in [2.75, 3.05) is 39.3 Å². The van der Waals surface area contributed by atoms with E-state index in [1.807, 2.05) is 25.7 Å². The lowest BCUT2D eigenvalue weighted by Gasteiger charge is -2.28. The Morgan fingerprint density at radius 3 is 2.39 bits per heavy atom. The van der Waals surface area contributed by atoms with E-state index in [-0.39, 0.29) is 11.9 Å². The monoisotopic (exact) mass is 255 g/mol. The molecule has 0 saturated carbocycles. The van der Waals surface area contributed by atoms with Crippen LogP contribution in [0, 0.1) is 0 Å². The molecule has 0 radical (unpaired) electrons. The van der Waals surface area contributed by atoms with Crippen molar-refractivity contribution in [2.45, 2.75) is 46.1 Å². The topological polar surface area (TPSA) is 35.6 Å². The van der Waals surface area contributed by atoms with Crippen LogP contribution in [0.5, 0.6) is 0 Å². The van der Waals surface area contributed by atoms with Crippen LogP contribution >= 0.6 is 0 Å². The molecule has 0 aromatic heterocycles. The zero-order chi connectivity index (χ0) is 13.4. The quantitative estimate of drug-likeness (QED) is 0.745. The first-order chi connectivity index (χ1) is 8.69. The Labute approximate surface area is 112 Å². The van der Waals surface area contributed by atoms with Crippen LogP contribution in [0.1, 0.15) is 40.0 Å². The average molecular weight is 255 g/mol. The van der Waals surface area contributed by atoms with E-state index < -0.39 is 0 Å². The molecule has 4 nitrogen and oxygen atoms in total. The van der Waals surface area contributed by atoms with E-state index in [0.29, 0.717) is 0 Å². The van der Waals surface area contributed by atoms with Crippen molar-refractivity contribution in [3.8, 4) is 0 Å². The molecule has 0 aromatic rings. The van der Waals surface area contributed by atoms with Crippen LogP contribution in [0.2, 0.25) is 0 Å². The molecule has 106 valence electrons. The van der Waals surface area contributed by atoms with Gasteiger partial charge in [-0.05, 0) is 46.7 Å². The first-order valence-electron chi connectivity index (χ1n) is 7.43. The van der Waals surface area contributed by atoms with E-state index in [2.05, 4.69) is 10.2 Å². The van der Waals surface area contributed by atoms with Gasteiger partial charge in [0.15, 0.2) is 0 Å². The number of piperidine rings is 1. The van der Waals surface area contributed by atoms with Gasteiger partial charge in [0.25, 0.3) is 0 Å². The molecule has 1 heterocycles. The summed E-state index contributed by atoms with van der Waals surface area (Å²) in [7, 11) is 0. The van der Waals surface area contributed by atoms with Crippen molar-refractivity contribution >= 4 is 5.91 Å². The van der Waals surface area contributed by atoms with E-state index in [9.17, 15) is 4.79 Å². The summed E-state index contributed by atoms with van der Waals surface area (Å²) in [6, 6.07) is -0.0605. The number of likely N-dealkylation sites (N-methyl/N-ethyl adjacent to an activating group) is 1. The molecule has 1 amide bonds. The first-order valence-corrected chi connectivity index (χ1v) is 7.43. The first kappa shape index (κ1) is 15.4. The highest BCUT2D eigenvalue weighted by molar-refractivity contribution is 5.81. The highest BCUT2D eigenvalue weighted by Gasteiger charge is 2.17. The van der Waals surface area contributed by atoms with Gasteiger partial charge in [-0.2, -0.15) is 0 Å². The third kappa shape index (κ3) is 4.94. The van der Waals surface area contributed by atoms with Gasteiger partial charge in [0.1, 0.15) is 0 Å². The van der Waals surface area contributed by atoms with Crippen molar-refractivity contribution in [2.24, 2.45) is 0 Å². The van der Waals surface area contributed by atoms with Crippen molar-refractivity contribution in [1.82, 2.24) is 15.1 Å². The third-order valence-electron chi connectivity index (χ3n) is 3.77. The van der Waals surface area contributed by atoms with E-state index in [1.165, 1.54) is 32.4 Å². The molecule has 1 unspecified atom stereocenters. The molecule has 1 saturated heterocycles. The summed E-state index contributed by atoms with van der Waals surface area (Å²) in [5, 5.41) is 3.35. The second-order valence-electron chi connectivity index (χ2n) is 5.09. The minimum absolute atomic E-state index is 0.0605. The largest absolute Gasteiger partial charge is 0.342 e. The molecular weight excluding hydrogens is 226 g/mol. The van der Waals surface area contributed by atoms with Crippen molar-refractivity contribution in [3.05, 3.63) is 0 Å². The standard InChI is InChI=1S/C14H29N3O/c1-4-17(5-2)14(18)13(3)15-9-12-16-10-7-6-8-11-16/h13,15H,4-12H2,1-3H3. The predicted octanol–water partition coefficient (Wildman–Crippen LogP) is 1.32. The van der Waals surface area contributed by atoms with Gasteiger partial charge in [0.2, 0.25) is 5.91 Å². The maximum Gasteiger partial charge on any atom is 0.239 e. The minimum atomic E-state index is -0.0605. The summed E-state index contributed by atoms with van der Waals surface area (Å²) in [5.41, 5.74) is 0. The van der Waals surface area contributed by atoms with Crippen LogP contribution in [0.25, 0.3) is 0 Å². The second-order valence-corrected chi connectivity index (χ2v) is 5.09. The summed E-state index contributed by atoms with van der Waals surface area (Å²) < 4.78 is 0. The number of amides is 1. The highest BCUT2D eigenvalue weighted by Crippen LogP contribution is 2.07. The average Bonchev–Trinajstić information content (AvgIpc) is 2.41. The molecular formula is C14H29N3O. The van der Waals surface area contributed by atoms with Crippen LogP contribution in [-0.2, 0) is 4.79 Å². The SMILES string of the molecule is CCN(CC)C(=O)C(C)NCCN1CCCCC1. The molecule has 1 N–H and O–H groups in total. The fourth-order valence-corrected chi connectivity index (χ4v) is 2.52. The van der Waals surface area contributed by atoms with Gasteiger partial charge < -0.3 is 15.1 Å². The molecule has 0 aliphatic carbocycles. The Morgan fingerprint density at radius 1 is 1.22 bits per heavy atom. The molecule has 18 heavy (non-hydrogen) atoms. The van der Waals surface area contributed by atoms with Gasteiger partial charge in [-0.15, -0.1) is 0 Å². The number of nitrogens with one attached hydrogen (secondary N) is 1. The third-order valence-corrected chi connectivity index (χ3v) is 3.77. The van der Waals surface area contributed by atoms with E-state index in [1.54, 1.807) is 0 Å². The van der Waals surface area contributed by atoms with Crippen LogP contribution in [0.3, 0.4) is 0 Å². The number of rotatable bonds is 7. The highest BCUT2D eigenvalue weighted by atomic mass is 16.2. The van der Waals surface area contributed by atoms with Gasteiger partial charge in [-0.1, -0.05) is 6.42 Å². The summed E-state index contributed by atoms with van der Waals surface area (Å²) in [6.07, 6.45) is 4.03. The zero-order valence-electron chi connectivity index (χ0n) is 12.2. The minimum Gasteiger partial charge on any atom is -0.342 e. The van der Waals surface area contributed by atoms with Gasteiger partial charge in [0.05, 0.1) is 6.04 Å². The van der Waals surface area contributed by atoms with E-state index in [4.69, 9.17) is 0 Å². The van der Waals surface area contributed by atoms with Gasteiger partial charge in [-0.3, -0.25) is 4.79 Å². The van der Waals surface area contributed by atoms with Gasteiger partial charge >= 0.3 is 0 Å². The van der Waals surface area contributed by atoms with Crippen molar-refractivity contribution < 1.29 is 4.79 Å². The molecule has 0 bridgehead atoms. The van der Waals surface area contributed by atoms with Gasteiger partial charge in [-0.25, -0.2) is 0 Å². The Balaban J connectivity index is 2.19. The second kappa shape index (κ2) is 8.48. The van der Waals surface area contributed by atoms with Crippen molar-refractivity contribution in [1.29, 1.82) is 0 Å². The molecule has 1 fully saturated rings. The fourth-order valence-electron chi connectivity index (χ4n) is 2.52.